The van der Waals surface area contributed by atoms with E-state index in [1.165, 1.54) is 0 Å². The van der Waals surface area contributed by atoms with Crippen molar-refractivity contribution in [3.8, 4) is 0 Å². The highest BCUT2D eigenvalue weighted by molar-refractivity contribution is 5.75. The molecule has 0 bridgehead atoms. The molecular weight excluding hydrogens is 200 g/mol. The van der Waals surface area contributed by atoms with Crippen LogP contribution in [-0.2, 0) is 9.53 Å². The summed E-state index contributed by atoms with van der Waals surface area (Å²) < 4.78 is 5.14. The second-order valence-corrected chi connectivity index (χ2v) is 2.95. The van der Waals surface area contributed by atoms with Gasteiger partial charge in [0.05, 0.1) is 19.9 Å². The number of hydrogen-bond acceptors (Lipinski definition) is 5. The van der Waals surface area contributed by atoms with E-state index < -0.39 is 0 Å². The number of rotatable bonds is 10. The van der Waals surface area contributed by atoms with Crippen LogP contribution in [0.2, 0.25) is 0 Å². The van der Waals surface area contributed by atoms with E-state index in [1.54, 1.807) is 0 Å². The largest absolute Gasteiger partial charge is 0.395 e. The fourth-order valence-corrected chi connectivity index (χ4v) is 0.914. The smallest absolute Gasteiger partial charge is 0.220 e. The first kappa shape index (κ1) is 14.3. The Labute approximate surface area is 89.6 Å². The lowest BCUT2D eigenvalue weighted by Gasteiger charge is -2.05. The van der Waals surface area contributed by atoms with Crippen molar-refractivity contribution in [2.75, 3.05) is 39.6 Å². The molecule has 90 valence electrons. The van der Waals surface area contributed by atoms with Crippen LogP contribution in [0.3, 0.4) is 0 Å². The molecule has 0 aromatic rings. The summed E-state index contributed by atoms with van der Waals surface area (Å²) in [5.41, 5.74) is 0. The Kier molecular flexibility index (Phi) is 10.9. The average Bonchev–Trinajstić information content (AvgIpc) is 2.25. The van der Waals surface area contributed by atoms with Crippen molar-refractivity contribution in [1.29, 1.82) is 0 Å². The molecule has 0 unspecified atom stereocenters. The predicted octanol–water partition coefficient (Wildman–Crippen LogP) is -1.57. The number of hydrogen-bond donors (Lipinski definition) is 4. The number of aliphatic hydroxyl groups excluding tert-OH is 2. The molecule has 0 rings (SSSR count). The van der Waals surface area contributed by atoms with E-state index in [0.717, 1.165) is 0 Å². The Hall–Kier alpha value is -0.690. The zero-order valence-electron chi connectivity index (χ0n) is 8.87. The van der Waals surface area contributed by atoms with Crippen LogP contribution in [-0.4, -0.2) is 55.8 Å². The van der Waals surface area contributed by atoms with Gasteiger partial charge in [-0.05, 0) is 6.42 Å². The topological polar surface area (TPSA) is 90.8 Å². The number of carbonyl (C=O) groups excluding carboxylic acids is 1. The van der Waals surface area contributed by atoms with Crippen molar-refractivity contribution >= 4 is 5.91 Å². The molecule has 6 heteroatoms. The molecule has 0 fully saturated rings. The standard InChI is InChI=1S/C9H20N2O4/c12-5-3-10-8-15-7-1-2-9(14)11-4-6-13/h10,12-13H,1-8H2,(H,11,14). The van der Waals surface area contributed by atoms with Crippen molar-refractivity contribution in [3.05, 3.63) is 0 Å². The Morgan fingerprint density at radius 2 is 1.93 bits per heavy atom. The first-order valence-electron chi connectivity index (χ1n) is 5.08. The lowest BCUT2D eigenvalue weighted by atomic mass is 10.3. The van der Waals surface area contributed by atoms with Crippen LogP contribution in [0.5, 0.6) is 0 Å². The van der Waals surface area contributed by atoms with E-state index in [4.69, 9.17) is 14.9 Å². The molecule has 0 radical (unpaired) electrons. The van der Waals surface area contributed by atoms with Crippen molar-refractivity contribution in [2.24, 2.45) is 0 Å². The summed E-state index contributed by atoms with van der Waals surface area (Å²) in [6.45, 7) is 1.76. The predicted molar refractivity (Wildman–Crippen MR) is 55.2 cm³/mol. The van der Waals surface area contributed by atoms with Gasteiger partial charge in [-0.1, -0.05) is 0 Å². The van der Waals surface area contributed by atoms with Crippen LogP contribution in [0.4, 0.5) is 0 Å². The Morgan fingerprint density at radius 1 is 1.20 bits per heavy atom. The summed E-state index contributed by atoms with van der Waals surface area (Å²) in [5.74, 6) is -0.0732. The normalized spacial score (nSPS) is 10.3. The van der Waals surface area contributed by atoms with Gasteiger partial charge in [-0.15, -0.1) is 0 Å². The SMILES string of the molecule is O=C(CCCOCNCCO)NCCO. The van der Waals surface area contributed by atoms with Crippen LogP contribution < -0.4 is 10.6 Å². The number of amides is 1. The molecule has 0 atom stereocenters. The summed E-state index contributed by atoms with van der Waals surface area (Å²) in [4.78, 5) is 11.0. The first-order valence-corrected chi connectivity index (χ1v) is 5.08. The van der Waals surface area contributed by atoms with E-state index in [9.17, 15) is 4.79 Å². The number of ether oxygens (including phenoxy) is 1. The molecular formula is C9H20N2O4. The lowest BCUT2D eigenvalue weighted by molar-refractivity contribution is -0.121. The van der Waals surface area contributed by atoms with Gasteiger partial charge in [0, 0.05) is 26.1 Å². The van der Waals surface area contributed by atoms with Gasteiger partial charge < -0.3 is 20.3 Å². The van der Waals surface area contributed by atoms with Crippen molar-refractivity contribution < 1.29 is 19.7 Å². The quantitative estimate of drug-likeness (QED) is 0.264. The maximum absolute atomic E-state index is 11.0. The Balaban J connectivity index is 3.06. The molecule has 0 aliphatic rings. The van der Waals surface area contributed by atoms with Crippen LogP contribution >= 0.6 is 0 Å². The molecule has 0 aromatic carbocycles. The number of aliphatic hydroxyl groups is 2. The molecule has 0 aliphatic heterocycles. The molecule has 0 heterocycles. The van der Waals surface area contributed by atoms with Crippen molar-refractivity contribution in [1.82, 2.24) is 10.6 Å². The summed E-state index contributed by atoms with van der Waals surface area (Å²) in [7, 11) is 0. The fraction of sp³-hybridized carbons (Fsp3) is 0.889. The third kappa shape index (κ3) is 11.2. The fourth-order valence-electron chi connectivity index (χ4n) is 0.914. The zero-order valence-corrected chi connectivity index (χ0v) is 8.87. The van der Waals surface area contributed by atoms with E-state index in [1.807, 2.05) is 0 Å². The van der Waals surface area contributed by atoms with Gasteiger partial charge >= 0.3 is 0 Å². The van der Waals surface area contributed by atoms with Gasteiger partial charge in [-0.2, -0.15) is 0 Å². The highest BCUT2D eigenvalue weighted by Gasteiger charge is 1.99. The maximum Gasteiger partial charge on any atom is 0.220 e. The Morgan fingerprint density at radius 3 is 2.60 bits per heavy atom. The maximum atomic E-state index is 11.0. The summed E-state index contributed by atoms with van der Waals surface area (Å²) in [5, 5.41) is 22.3. The lowest BCUT2D eigenvalue weighted by Crippen LogP contribution is -2.26. The minimum atomic E-state index is -0.0732. The third-order valence-electron chi connectivity index (χ3n) is 1.62. The summed E-state index contributed by atoms with van der Waals surface area (Å²) in [6, 6.07) is 0. The van der Waals surface area contributed by atoms with Crippen LogP contribution in [0.15, 0.2) is 0 Å². The van der Waals surface area contributed by atoms with Crippen molar-refractivity contribution in [3.63, 3.8) is 0 Å². The second kappa shape index (κ2) is 11.4. The van der Waals surface area contributed by atoms with Crippen LogP contribution in [0.25, 0.3) is 0 Å². The monoisotopic (exact) mass is 220 g/mol. The van der Waals surface area contributed by atoms with E-state index in [0.29, 0.717) is 39.3 Å². The molecule has 0 saturated carbocycles. The van der Waals surface area contributed by atoms with Gasteiger partial charge in [-0.25, -0.2) is 0 Å². The number of carbonyl (C=O) groups is 1. The highest BCUT2D eigenvalue weighted by Crippen LogP contribution is 1.89. The van der Waals surface area contributed by atoms with Gasteiger partial charge in [0.15, 0.2) is 0 Å². The first-order chi connectivity index (χ1) is 7.31. The van der Waals surface area contributed by atoms with Gasteiger partial charge in [-0.3, -0.25) is 10.1 Å². The average molecular weight is 220 g/mol. The molecule has 6 nitrogen and oxygen atoms in total. The van der Waals surface area contributed by atoms with E-state index >= 15 is 0 Å². The summed E-state index contributed by atoms with van der Waals surface area (Å²) in [6.07, 6.45) is 1.05. The molecule has 0 aromatic heterocycles. The molecule has 0 saturated heterocycles. The molecule has 15 heavy (non-hydrogen) atoms. The van der Waals surface area contributed by atoms with Crippen LogP contribution in [0.1, 0.15) is 12.8 Å². The Bertz CT molecular complexity index is 155. The van der Waals surface area contributed by atoms with Crippen molar-refractivity contribution in [2.45, 2.75) is 12.8 Å². The van der Waals surface area contributed by atoms with E-state index in [-0.39, 0.29) is 19.1 Å². The molecule has 0 aliphatic carbocycles. The molecule has 4 N–H and O–H groups in total. The minimum absolute atomic E-state index is 0.0344. The third-order valence-corrected chi connectivity index (χ3v) is 1.62. The second-order valence-electron chi connectivity index (χ2n) is 2.95. The van der Waals surface area contributed by atoms with E-state index in [2.05, 4.69) is 10.6 Å². The minimum Gasteiger partial charge on any atom is -0.395 e. The molecule has 0 spiro atoms. The van der Waals surface area contributed by atoms with Gasteiger partial charge in [0.1, 0.15) is 0 Å². The summed E-state index contributed by atoms with van der Waals surface area (Å²) >= 11 is 0. The van der Waals surface area contributed by atoms with Crippen LogP contribution in [0, 0.1) is 0 Å². The zero-order chi connectivity index (χ0) is 11.4. The highest BCUT2D eigenvalue weighted by atomic mass is 16.5. The van der Waals surface area contributed by atoms with Gasteiger partial charge in [0.2, 0.25) is 5.91 Å². The molecule has 1 amide bonds. The number of nitrogens with one attached hydrogen (secondary N) is 2. The van der Waals surface area contributed by atoms with Gasteiger partial charge in [0.25, 0.3) is 0 Å².